The average Bonchev–Trinajstić information content (AvgIpc) is 3.00. The zero-order chi connectivity index (χ0) is 11.7. The predicted molar refractivity (Wildman–Crippen MR) is 65.7 cm³/mol. The van der Waals surface area contributed by atoms with E-state index in [0.29, 0.717) is 5.56 Å². The van der Waals surface area contributed by atoms with Crippen molar-refractivity contribution < 1.29 is 0 Å². The van der Waals surface area contributed by atoms with Gasteiger partial charge in [0.05, 0.1) is 5.56 Å². The fourth-order valence-electron chi connectivity index (χ4n) is 3.01. The number of rotatable bonds is 1. The average molecular weight is 228 g/mol. The second-order valence-electron chi connectivity index (χ2n) is 4.97. The van der Waals surface area contributed by atoms with E-state index in [1.807, 2.05) is 12.1 Å². The Labute approximate surface area is 101 Å². The zero-order valence-corrected chi connectivity index (χ0v) is 9.82. The number of nitrogens with one attached hydrogen (secondary N) is 1. The quantitative estimate of drug-likeness (QED) is 0.787. The molecular formula is C13H16N4. The molecule has 0 saturated carbocycles. The lowest BCUT2D eigenvalue weighted by Crippen LogP contribution is -2.42. The van der Waals surface area contributed by atoms with Crippen LogP contribution >= 0.6 is 0 Å². The molecule has 1 aromatic heterocycles. The number of aromatic nitrogens is 1. The topological polar surface area (TPSA) is 52.0 Å². The van der Waals surface area contributed by atoms with E-state index in [1.54, 1.807) is 6.20 Å². The highest BCUT2D eigenvalue weighted by molar-refractivity contribution is 5.54. The maximum absolute atomic E-state index is 9.10. The summed E-state index contributed by atoms with van der Waals surface area (Å²) in [7, 11) is 0. The first-order chi connectivity index (χ1) is 8.33. The fraction of sp³-hybridized carbons (Fsp3) is 0.538. The Balaban J connectivity index is 1.85. The molecule has 1 spiro atoms. The lowest BCUT2D eigenvalue weighted by molar-refractivity contribution is 0.418. The summed E-state index contributed by atoms with van der Waals surface area (Å²) in [6.07, 6.45) is 5.44. The lowest BCUT2D eigenvalue weighted by atomic mass is 9.97. The van der Waals surface area contributed by atoms with Crippen LogP contribution in [0.3, 0.4) is 0 Å². The van der Waals surface area contributed by atoms with E-state index >= 15 is 0 Å². The van der Waals surface area contributed by atoms with Crippen LogP contribution in [0, 0.1) is 11.3 Å². The maximum atomic E-state index is 9.10. The first-order valence-electron chi connectivity index (χ1n) is 6.18. The maximum Gasteiger partial charge on any atom is 0.146 e. The molecular weight excluding hydrogens is 212 g/mol. The highest BCUT2D eigenvalue weighted by Gasteiger charge is 2.40. The third kappa shape index (κ3) is 1.77. The van der Waals surface area contributed by atoms with Crippen LogP contribution in [-0.4, -0.2) is 30.2 Å². The third-order valence-corrected chi connectivity index (χ3v) is 3.89. The van der Waals surface area contributed by atoms with Crippen LogP contribution in [0.1, 0.15) is 24.8 Å². The summed E-state index contributed by atoms with van der Waals surface area (Å²) in [5.74, 6) is 0.848. The van der Waals surface area contributed by atoms with E-state index in [0.717, 1.165) is 31.9 Å². The second-order valence-corrected chi connectivity index (χ2v) is 4.97. The van der Waals surface area contributed by atoms with Gasteiger partial charge in [-0.3, -0.25) is 0 Å². The summed E-state index contributed by atoms with van der Waals surface area (Å²) >= 11 is 0. The van der Waals surface area contributed by atoms with Gasteiger partial charge in [0.1, 0.15) is 11.9 Å². The molecule has 4 nitrogen and oxygen atoms in total. The van der Waals surface area contributed by atoms with Gasteiger partial charge in [0.15, 0.2) is 0 Å². The van der Waals surface area contributed by atoms with E-state index in [-0.39, 0.29) is 5.54 Å². The number of anilines is 1. The summed E-state index contributed by atoms with van der Waals surface area (Å²) in [5.41, 5.74) is 0.965. The Bertz CT molecular complexity index is 457. The van der Waals surface area contributed by atoms with Gasteiger partial charge in [0.2, 0.25) is 0 Å². The van der Waals surface area contributed by atoms with Gasteiger partial charge in [-0.15, -0.1) is 0 Å². The molecule has 1 aromatic rings. The van der Waals surface area contributed by atoms with Crippen molar-refractivity contribution in [1.29, 1.82) is 5.26 Å². The Morgan fingerprint density at radius 3 is 3.18 bits per heavy atom. The molecule has 2 saturated heterocycles. The van der Waals surface area contributed by atoms with Crippen LogP contribution in [0.2, 0.25) is 0 Å². The van der Waals surface area contributed by atoms with Crippen LogP contribution < -0.4 is 10.2 Å². The Morgan fingerprint density at radius 1 is 1.47 bits per heavy atom. The van der Waals surface area contributed by atoms with E-state index in [9.17, 15) is 0 Å². The molecule has 2 aliphatic heterocycles. The minimum atomic E-state index is 0.282. The Morgan fingerprint density at radius 2 is 2.41 bits per heavy atom. The van der Waals surface area contributed by atoms with Crippen molar-refractivity contribution in [3.05, 3.63) is 23.9 Å². The first-order valence-corrected chi connectivity index (χ1v) is 6.18. The SMILES string of the molecule is N#Cc1cccnc1N1CCC2(CCCN2)C1. The van der Waals surface area contributed by atoms with Crippen LogP contribution in [-0.2, 0) is 0 Å². The minimum Gasteiger partial charge on any atom is -0.354 e. The van der Waals surface area contributed by atoms with Crippen molar-refractivity contribution in [2.75, 3.05) is 24.5 Å². The molecule has 0 aromatic carbocycles. The molecule has 1 atom stereocenters. The number of hydrogen-bond acceptors (Lipinski definition) is 4. The second kappa shape index (κ2) is 4.01. The van der Waals surface area contributed by atoms with Crippen LogP contribution in [0.15, 0.2) is 18.3 Å². The Kier molecular flexibility index (Phi) is 2.49. The zero-order valence-electron chi connectivity index (χ0n) is 9.82. The molecule has 1 N–H and O–H groups in total. The van der Waals surface area contributed by atoms with Crippen molar-refractivity contribution in [3.63, 3.8) is 0 Å². The van der Waals surface area contributed by atoms with Crippen LogP contribution in [0.25, 0.3) is 0 Å². The number of nitriles is 1. The molecule has 17 heavy (non-hydrogen) atoms. The third-order valence-electron chi connectivity index (χ3n) is 3.89. The van der Waals surface area contributed by atoms with E-state index in [4.69, 9.17) is 5.26 Å². The van der Waals surface area contributed by atoms with Crippen molar-refractivity contribution in [3.8, 4) is 6.07 Å². The molecule has 2 aliphatic rings. The van der Waals surface area contributed by atoms with Crippen LogP contribution in [0.5, 0.6) is 0 Å². The van der Waals surface area contributed by atoms with Gasteiger partial charge in [-0.25, -0.2) is 4.98 Å². The van der Waals surface area contributed by atoms with Crippen molar-refractivity contribution >= 4 is 5.82 Å². The standard InChI is InChI=1S/C13H16N4/c14-9-11-3-1-6-15-12(11)17-8-5-13(10-17)4-2-7-16-13/h1,3,6,16H,2,4-5,7-8,10H2. The van der Waals surface area contributed by atoms with Gasteiger partial charge in [0.25, 0.3) is 0 Å². The Hall–Kier alpha value is -1.60. The van der Waals surface area contributed by atoms with Crippen molar-refractivity contribution in [1.82, 2.24) is 10.3 Å². The molecule has 3 rings (SSSR count). The highest BCUT2D eigenvalue weighted by Crippen LogP contribution is 2.33. The smallest absolute Gasteiger partial charge is 0.146 e. The normalized spacial score (nSPS) is 27.6. The van der Waals surface area contributed by atoms with Crippen molar-refractivity contribution in [2.45, 2.75) is 24.8 Å². The van der Waals surface area contributed by atoms with Gasteiger partial charge in [0, 0.05) is 24.8 Å². The van der Waals surface area contributed by atoms with Gasteiger partial charge in [-0.1, -0.05) is 0 Å². The fourth-order valence-corrected chi connectivity index (χ4v) is 3.01. The molecule has 4 heteroatoms. The van der Waals surface area contributed by atoms with Crippen molar-refractivity contribution in [2.24, 2.45) is 0 Å². The van der Waals surface area contributed by atoms with E-state index in [1.165, 1.54) is 12.8 Å². The molecule has 88 valence electrons. The number of hydrogen-bond donors (Lipinski definition) is 1. The largest absolute Gasteiger partial charge is 0.354 e. The molecule has 0 aliphatic carbocycles. The molecule has 2 fully saturated rings. The minimum absolute atomic E-state index is 0.282. The lowest BCUT2D eigenvalue weighted by Gasteiger charge is -2.25. The van der Waals surface area contributed by atoms with E-state index in [2.05, 4.69) is 21.3 Å². The number of nitrogens with zero attached hydrogens (tertiary/aromatic N) is 3. The monoisotopic (exact) mass is 228 g/mol. The predicted octanol–water partition coefficient (Wildman–Crippen LogP) is 1.29. The van der Waals surface area contributed by atoms with Gasteiger partial charge in [-0.2, -0.15) is 5.26 Å². The van der Waals surface area contributed by atoms with E-state index < -0.39 is 0 Å². The molecule has 0 radical (unpaired) electrons. The summed E-state index contributed by atoms with van der Waals surface area (Å²) < 4.78 is 0. The summed E-state index contributed by atoms with van der Waals surface area (Å²) in [5, 5.41) is 12.7. The van der Waals surface area contributed by atoms with Crippen LogP contribution in [0.4, 0.5) is 5.82 Å². The van der Waals surface area contributed by atoms with Gasteiger partial charge >= 0.3 is 0 Å². The highest BCUT2D eigenvalue weighted by atomic mass is 15.3. The molecule has 1 unspecified atom stereocenters. The molecule has 0 amide bonds. The summed E-state index contributed by atoms with van der Waals surface area (Å²) in [6.45, 7) is 3.11. The van der Waals surface area contributed by atoms with Gasteiger partial charge in [-0.05, 0) is 37.9 Å². The van der Waals surface area contributed by atoms with Gasteiger partial charge < -0.3 is 10.2 Å². The first kappa shape index (κ1) is 10.5. The summed E-state index contributed by atoms with van der Waals surface area (Å²) in [6, 6.07) is 5.89. The molecule has 0 bridgehead atoms. The number of pyridine rings is 1. The summed E-state index contributed by atoms with van der Waals surface area (Å²) in [4.78, 5) is 6.61. The molecule has 3 heterocycles.